The van der Waals surface area contributed by atoms with E-state index in [9.17, 15) is 28.0 Å². The number of likely N-dealkylation sites (tertiary alicyclic amines) is 1. The highest BCUT2D eigenvalue weighted by Gasteiger charge is 2.35. The molecular formula is C35H52N4O7S. The number of piperidine rings is 1. The number of carbonyl (C=O) groups is 3. The van der Waals surface area contributed by atoms with Gasteiger partial charge in [-0.05, 0) is 75.2 Å². The number of hydrogen-bond donors (Lipinski definition) is 4. The molecule has 0 unspecified atom stereocenters. The SMILES string of the molecule is CC(C)C[C@@H](C(=O)NN(CC(C)C)C(=O)CN1CCCCC1)[C@H](C/C=C/c1ccccc1)C(=O)NO.Cc1ccc(S(=O)(=O)O)cc1. The Hall–Kier alpha value is -3.58. The first-order valence-corrected chi connectivity index (χ1v) is 17.7. The molecule has 11 nitrogen and oxygen atoms in total. The van der Waals surface area contributed by atoms with Gasteiger partial charge in [-0.2, -0.15) is 8.42 Å². The molecule has 260 valence electrons. The number of nitrogens with one attached hydrogen (secondary N) is 2. The van der Waals surface area contributed by atoms with Gasteiger partial charge in [0, 0.05) is 6.54 Å². The lowest BCUT2D eigenvalue weighted by Gasteiger charge is -2.33. The first-order chi connectivity index (χ1) is 22.2. The fourth-order valence-corrected chi connectivity index (χ4v) is 5.79. The van der Waals surface area contributed by atoms with Gasteiger partial charge in [-0.25, -0.2) is 5.48 Å². The summed E-state index contributed by atoms with van der Waals surface area (Å²) in [5, 5.41) is 10.9. The molecule has 0 aliphatic carbocycles. The van der Waals surface area contributed by atoms with Gasteiger partial charge >= 0.3 is 0 Å². The van der Waals surface area contributed by atoms with Crippen LogP contribution in [-0.4, -0.2) is 72.0 Å². The number of hydroxylamine groups is 1. The van der Waals surface area contributed by atoms with Gasteiger partial charge in [0.1, 0.15) is 0 Å². The maximum atomic E-state index is 13.6. The number of aryl methyl sites for hydroxylation is 1. The number of hydrazine groups is 1. The highest BCUT2D eigenvalue weighted by Crippen LogP contribution is 2.26. The molecule has 1 aliphatic heterocycles. The molecule has 0 saturated carbocycles. The molecule has 0 radical (unpaired) electrons. The zero-order chi connectivity index (χ0) is 35.0. The predicted molar refractivity (Wildman–Crippen MR) is 182 cm³/mol. The summed E-state index contributed by atoms with van der Waals surface area (Å²) in [6.45, 7) is 12.2. The normalized spacial score (nSPS) is 15.1. The van der Waals surface area contributed by atoms with Gasteiger partial charge in [0.15, 0.2) is 0 Å². The van der Waals surface area contributed by atoms with Crippen molar-refractivity contribution in [2.24, 2.45) is 23.7 Å². The van der Waals surface area contributed by atoms with Crippen LogP contribution in [0.25, 0.3) is 6.08 Å². The number of hydrogen-bond acceptors (Lipinski definition) is 7. The van der Waals surface area contributed by atoms with E-state index in [1.54, 1.807) is 17.6 Å². The van der Waals surface area contributed by atoms with Gasteiger partial charge in [-0.3, -0.25) is 39.5 Å². The smallest absolute Gasteiger partial charge is 0.294 e. The minimum absolute atomic E-state index is 0.0666. The van der Waals surface area contributed by atoms with Crippen LogP contribution in [-0.2, 0) is 24.5 Å². The number of benzene rings is 2. The lowest BCUT2D eigenvalue weighted by molar-refractivity contribution is -0.148. The average molecular weight is 673 g/mol. The van der Waals surface area contributed by atoms with Crippen LogP contribution in [0.1, 0.15) is 70.9 Å². The molecule has 0 bridgehead atoms. The van der Waals surface area contributed by atoms with Crippen LogP contribution in [0.4, 0.5) is 0 Å². The van der Waals surface area contributed by atoms with Crippen LogP contribution in [0.3, 0.4) is 0 Å². The Bertz CT molecular complexity index is 1390. The molecular weight excluding hydrogens is 620 g/mol. The second kappa shape index (κ2) is 19.9. The van der Waals surface area contributed by atoms with E-state index < -0.39 is 27.9 Å². The van der Waals surface area contributed by atoms with E-state index in [-0.39, 0.29) is 41.5 Å². The van der Waals surface area contributed by atoms with Gasteiger partial charge in [-0.15, -0.1) is 0 Å². The fourth-order valence-electron chi connectivity index (χ4n) is 5.31. The fraction of sp³-hybridized carbons (Fsp3) is 0.514. The van der Waals surface area contributed by atoms with Crippen LogP contribution in [0, 0.1) is 30.6 Å². The summed E-state index contributed by atoms with van der Waals surface area (Å²) < 4.78 is 29.6. The van der Waals surface area contributed by atoms with Crippen molar-refractivity contribution in [3.63, 3.8) is 0 Å². The number of amides is 3. The molecule has 2 aromatic rings. The van der Waals surface area contributed by atoms with Gasteiger partial charge in [0.25, 0.3) is 16.0 Å². The van der Waals surface area contributed by atoms with Gasteiger partial charge < -0.3 is 0 Å². The summed E-state index contributed by atoms with van der Waals surface area (Å²) in [5.41, 5.74) is 6.53. The van der Waals surface area contributed by atoms with Crippen molar-refractivity contribution in [2.75, 3.05) is 26.2 Å². The van der Waals surface area contributed by atoms with E-state index in [0.29, 0.717) is 13.0 Å². The third-order valence-electron chi connectivity index (χ3n) is 7.71. The Morgan fingerprint density at radius 2 is 1.51 bits per heavy atom. The third kappa shape index (κ3) is 14.8. The van der Waals surface area contributed by atoms with E-state index in [0.717, 1.165) is 37.1 Å². The maximum Gasteiger partial charge on any atom is 0.294 e. The third-order valence-corrected chi connectivity index (χ3v) is 8.58. The highest BCUT2D eigenvalue weighted by molar-refractivity contribution is 7.85. The van der Waals surface area contributed by atoms with Crippen LogP contribution in [0.2, 0.25) is 0 Å². The van der Waals surface area contributed by atoms with Gasteiger partial charge in [0.05, 0.1) is 23.3 Å². The van der Waals surface area contributed by atoms with E-state index in [4.69, 9.17) is 4.55 Å². The summed E-state index contributed by atoms with van der Waals surface area (Å²) in [7, 11) is -4.02. The molecule has 0 spiro atoms. The van der Waals surface area contributed by atoms with Crippen LogP contribution >= 0.6 is 0 Å². The first kappa shape index (κ1) is 39.6. The molecule has 1 aliphatic rings. The van der Waals surface area contributed by atoms with Crippen molar-refractivity contribution in [3.05, 3.63) is 71.8 Å². The predicted octanol–water partition coefficient (Wildman–Crippen LogP) is 5.12. The van der Waals surface area contributed by atoms with E-state index in [1.807, 2.05) is 77.1 Å². The van der Waals surface area contributed by atoms with Crippen molar-refractivity contribution in [3.8, 4) is 0 Å². The van der Waals surface area contributed by atoms with Crippen LogP contribution in [0.5, 0.6) is 0 Å². The van der Waals surface area contributed by atoms with Gasteiger partial charge in [0.2, 0.25) is 11.8 Å². The maximum absolute atomic E-state index is 13.6. The van der Waals surface area contributed by atoms with E-state index >= 15 is 0 Å². The second-order valence-corrected chi connectivity index (χ2v) is 14.3. The standard InChI is InChI=1S/C28H44N4O4.C7H8O3S/c1-21(2)18-25(24(28(35)30-36)15-11-14-23-12-7-5-8-13-23)27(34)29-32(19-22(3)4)26(33)20-31-16-9-6-10-17-31;1-6-2-4-7(5-3-6)11(8,9)10/h5,7-8,11-14,21-22,24-25,36H,6,9-10,15-20H2,1-4H3,(H,29,34)(H,30,35);2-5H,1H3,(H,8,9,10)/b14-11+;/t24-,25+;/m0./s1. The second-order valence-electron chi connectivity index (χ2n) is 12.9. The number of rotatable bonds is 13. The Kier molecular flexibility index (Phi) is 16.8. The summed E-state index contributed by atoms with van der Waals surface area (Å²) in [6, 6.07) is 15.7. The van der Waals surface area contributed by atoms with Gasteiger partial charge in [-0.1, -0.05) is 94.3 Å². The molecule has 4 N–H and O–H groups in total. The lowest BCUT2D eigenvalue weighted by atomic mass is 9.82. The molecule has 47 heavy (non-hydrogen) atoms. The molecule has 3 rings (SSSR count). The summed E-state index contributed by atoms with van der Waals surface area (Å²) in [5.74, 6) is -2.33. The molecule has 1 saturated heterocycles. The number of carbonyl (C=O) groups excluding carboxylic acids is 3. The highest BCUT2D eigenvalue weighted by atomic mass is 32.2. The molecule has 3 amide bonds. The average Bonchev–Trinajstić information content (AvgIpc) is 3.02. The quantitative estimate of drug-likeness (QED) is 0.130. The Morgan fingerprint density at radius 3 is 2.04 bits per heavy atom. The molecule has 0 aromatic heterocycles. The summed E-state index contributed by atoms with van der Waals surface area (Å²) in [4.78, 5) is 41.5. The first-order valence-electron chi connectivity index (χ1n) is 16.2. The summed E-state index contributed by atoms with van der Waals surface area (Å²) >= 11 is 0. The summed E-state index contributed by atoms with van der Waals surface area (Å²) in [6.07, 6.45) is 7.81. The molecule has 2 atom stereocenters. The zero-order valence-corrected chi connectivity index (χ0v) is 29.1. The van der Waals surface area contributed by atoms with Crippen LogP contribution < -0.4 is 10.9 Å². The van der Waals surface area contributed by atoms with Crippen molar-refractivity contribution in [2.45, 2.75) is 71.6 Å². The Balaban J connectivity index is 0.000000587. The van der Waals surface area contributed by atoms with E-state index in [2.05, 4.69) is 10.3 Å². The van der Waals surface area contributed by atoms with Crippen molar-refractivity contribution >= 4 is 33.9 Å². The molecule has 12 heteroatoms. The number of nitrogens with zero attached hydrogens (tertiary/aromatic N) is 2. The monoisotopic (exact) mass is 672 g/mol. The van der Waals surface area contributed by atoms with Crippen molar-refractivity contribution in [1.82, 2.24) is 20.8 Å². The minimum Gasteiger partial charge on any atom is -0.294 e. The molecule has 1 fully saturated rings. The van der Waals surface area contributed by atoms with E-state index in [1.165, 1.54) is 23.6 Å². The molecule has 1 heterocycles. The Labute approximate surface area is 280 Å². The van der Waals surface area contributed by atoms with Crippen molar-refractivity contribution in [1.29, 1.82) is 0 Å². The minimum atomic E-state index is -4.02. The van der Waals surface area contributed by atoms with Crippen LogP contribution in [0.15, 0.2) is 65.6 Å². The number of allylic oxidation sites excluding steroid dienone is 1. The van der Waals surface area contributed by atoms with Crippen molar-refractivity contribution < 1.29 is 32.6 Å². The largest absolute Gasteiger partial charge is 0.294 e. The lowest BCUT2D eigenvalue weighted by Crippen LogP contribution is -2.54. The Morgan fingerprint density at radius 1 is 0.894 bits per heavy atom. The topological polar surface area (TPSA) is 156 Å². The molecule has 2 aromatic carbocycles. The zero-order valence-electron chi connectivity index (χ0n) is 28.3.